The number of rotatable bonds is 3. The van der Waals surface area contributed by atoms with Gasteiger partial charge in [-0.05, 0) is 37.5 Å². The van der Waals surface area contributed by atoms with Crippen LogP contribution >= 0.6 is 0 Å². The zero-order valence-corrected chi connectivity index (χ0v) is 10.4. The monoisotopic (exact) mass is 231 g/mol. The standard InChI is InChI=1S/C13H17N3O/c1-4-13(17)11-8-16(15-14-11)12-7-5-6-9(2)10(12)3/h5-8,13,17H,4H2,1-3H3. The number of aliphatic hydroxyl groups is 1. The maximum Gasteiger partial charge on any atom is 0.112 e. The average Bonchev–Trinajstić information content (AvgIpc) is 2.81. The van der Waals surface area contributed by atoms with Crippen LogP contribution in [0.25, 0.3) is 5.69 Å². The molecule has 4 nitrogen and oxygen atoms in total. The van der Waals surface area contributed by atoms with Crippen molar-refractivity contribution in [2.45, 2.75) is 33.3 Å². The van der Waals surface area contributed by atoms with Crippen LogP contribution in [0, 0.1) is 13.8 Å². The van der Waals surface area contributed by atoms with Crippen molar-refractivity contribution in [3.63, 3.8) is 0 Å². The van der Waals surface area contributed by atoms with E-state index < -0.39 is 6.10 Å². The second kappa shape index (κ2) is 4.67. The van der Waals surface area contributed by atoms with Crippen LogP contribution in [-0.2, 0) is 0 Å². The molecule has 0 fully saturated rings. The number of aromatic nitrogens is 3. The van der Waals surface area contributed by atoms with Crippen molar-refractivity contribution in [2.24, 2.45) is 0 Å². The van der Waals surface area contributed by atoms with Crippen molar-refractivity contribution in [1.29, 1.82) is 0 Å². The topological polar surface area (TPSA) is 50.9 Å². The minimum absolute atomic E-state index is 0.533. The van der Waals surface area contributed by atoms with Crippen molar-refractivity contribution in [2.75, 3.05) is 0 Å². The summed E-state index contributed by atoms with van der Waals surface area (Å²) in [6.07, 6.45) is 1.90. The van der Waals surface area contributed by atoms with E-state index in [1.807, 2.05) is 19.1 Å². The molecule has 0 saturated heterocycles. The van der Waals surface area contributed by atoms with Crippen molar-refractivity contribution in [3.05, 3.63) is 41.2 Å². The van der Waals surface area contributed by atoms with Gasteiger partial charge in [0, 0.05) is 0 Å². The highest BCUT2D eigenvalue weighted by Crippen LogP contribution is 2.19. The third-order valence-electron chi connectivity index (χ3n) is 3.06. The molecular weight excluding hydrogens is 214 g/mol. The van der Waals surface area contributed by atoms with Gasteiger partial charge in [-0.25, -0.2) is 4.68 Å². The van der Waals surface area contributed by atoms with Gasteiger partial charge in [0.05, 0.1) is 18.0 Å². The third kappa shape index (κ3) is 2.22. The Bertz CT molecular complexity index is 519. The van der Waals surface area contributed by atoms with Crippen LogP contribution in [0.2, 0.25) is 0 Å². The van der Waals surface area contributed by atoms with Gasteiger partial charge in [0.1, 0.15) is 5.69 Å². The van der Waals surface area contributed by atoms with E-state index in [4.69, 9.17) is 0 Å². The largest absolute Gasteiger partial charge is 0.387 e. The number of hydrogen-bond donors (Lipinski definition) is 1. The lowest BCUT2D eigenvalue weighted by Gasteiger charge is -2.07. The van der Waals surface area contributed by atoms with Crippen LogP contribution in [0.1, 0.15) is 36.3 Å². The van der Waals surface area contributed by atoms with Crippen LogP contribution in [0.15, 0.2) is 24.4 Å². The molecular formula is C13H17N3O. The van der Waals surface area contributed by atoms with Crippen LogP contribution in [0.3, 0.4) is 0 Å². The summed E-state index contributed by atoms with van der Waals surface area (Å²) < 4.78 is 1.72. The Balaban J connectivity index is 2.40. The van der Waals surface area contributed by atoms with Crippen LogP contribution in [0.4, 0.5) is 0 Å². The highest BCUT2D eigenvalue weighted by Gasteiger charge is 2.11. The summed E-state index contributed by atoms with van der Waals surface area (Å²) in [5, 5.41) is 17.8. The molecule has 1 unspecified atom stereocenters. The van der Waals surface area contributed by atoms with Gasteiger partial charge in [0.25, 0.3) is 0 Å². The van der Waals surface area contributed by atoms with Gasteiger partial charge in [0.2, 0.25) is 0 Å². The second-order valence-electron chi connectivity index (χ2n) is 4.23. The van der Waals surface area contributed by atoms with E-state index in [9.17, 15) is 5.11 Å². The van der Waals surface area contributed by atoms with Crippen molar-refractivity contribution >= 4 is 0 Å². The first-order chi connectivity index (χ1) is 8.13. The zero-order valence-electron chi connectivity index (χ0n) is 10.4. The average molecular weight is 231 g/mol. The minimum Gasteiger partial charge on any atom is -0.387 e. The molecule has 90 valence electrons. The summed E-state index contributed by atoms with van der Waals surface area (Å²) in [7, 11) is 0. The summed E-state index contributed by atoms with van der Waals surface area (Å²) in [6, 6.07) is 6.06. The first-order valence-electron chi connectivity index (χ1n) is 5.80. The quantitative estimate of drug-likeness (QED) is 0.882. The molecule has 1 aromatic heterocycles. The van der Waals surface area contributed by atoms with Gasteiger partial charge >= 0.3 is 0 Å². The summed E-state index contributed by atoms with van der Waals surface area (Å²) in [5.41, 5.74) is 4.02. The summed E-state index contributed by atoms with van der Waals surface area (Å²) in [6.45, 7) is 6.04. The molecule has 0 aliphatic carbocycles. The maximum atomic E-state index is 9.70. The Hall–Kier alpha value is -1.68. The van der Waals surface area contributed by atoms with Crippen molar-refractivity contribution in [1.82, 2.24) is 15.0 Å². The smallest absolute Gasteiger partial charge is 0.112 e. The van der Waals surface area contributed by atoms with E-state index in [-0.39, 0.29) is 0 Å². The van der Waals surface area contributed by atoms with E-state index in [2.05, 4.69) is 30.2 Å². The van der Waals surface area contributed by atoms with Gasteiger partial charge < -0.3 is 5.11 Å². The normalized spacial score (nSPS) is 12.7. The lowest BCUT2D eigenvalue weighted by molar-refractivity contribution is 0.169. The molecule has 1 N–H and O–H groups in total. The Morgan fingerprint density at radius 3 is 2.82 bits per heavy atom. The fourth-order valence-electron chi connectivity index (χ4n) is 1.74. The summed E-state index contributed by atoms with van der Waals surface area (Å²) >= 11 is 0. The fraction of sp³-hybridized carbons (Fsp3) is 0.385. The first kappa shape index (κ1) is 11.8. The van der Waals surface area contributed by atoms with Crippen LogP contribution in [0.5, 0.6) is 0 Å². The van der Waals surface area contributed by atoms with Gasteiger partial charge in [0.15, 0.2) is 0 Å². The molecule has 1 aromatic carbocycles. The highest BCUT2D eigenvalue weighted by atomic mass is 16.3. The number of nitrogens with zero attached hydrogens (tertiary/aromatic N) is 3. The zero-order chi connectivity index (χ0) is 12.4. The number of hydrogen-bond acceptors (Lipinski definition) is 3. The minimum atomic E-state index is -0.533. The molecule has 1 atom stereocenters. The van der Waals surface area contributed by atoms with E-state index in [1.165, 1.54) is 11.1 Å². The molecule has 17 heavy (non-hydrogen) atoms. The molecule has 2 rings (SSSR count). The van der Waals surface area contributed by atoms with Crippen molar-refractivity contribution in [3.8, 4) is 5.69 Å². The molecule has 4 heteroatoms. The number of aryl methyl sites for hydroxylation is 1. The molecule has 0 bridgehead atoms. The van der Waals surface area contributed by atoms with E-state index in [1.54, 1.807) is 10.9 Å². The molecule has 0 saturated carbocycles. The molecule has 0 radical (unpaired) electrons. The predicted octanol–water partition coefficient (Wildman–Crippen LogP) is 2.33. The van der Waals surface area contributed by atoms with Crippen LogP contribution in [-0.4, -0.2) is 20.1 Å². The third-order valence-corrected chi connectivity index (χ3v) is 3.06. The van der Waals surface area contributed by atoms with Gasteiger partial charge in [-0.1, -0.05) is 24.3 Å². The lowest BCUT2D eigenvalue weighted by atomic mass is 10.1. The van der Waals surface area contributed by atoms with Gasteiger partial charge in [-0.3, -0.25) is 0 Å². The lowest BCUT2D eigenvalue weighted by Crippen LogP contribution is -1.99. The maximum absolute atomic E-state index is 9.70. The SMILES string of the molecule is CCC(O)c1cn(-c2cccc(C)c2C)nn1. The Morgan fingerprint density at radius 1 is 1.35 bits per heavy atom. The predicted molar refractivity (Wildman–Crippen MR) is 66.1 cm³/mol. The van der Waals surface area contributed by atoms with Crippen molar-refractivity contribution < 1.29 is 5.11 Å². The van der Waals surface area contributed by atoms with Gasteiger partial charge in [-0.15, -0.1) is 5.10 Å². The molecule has 1 heterocycles. The fourth-order valence-corrected chi connectivity index (χ4v) is 1.74. The van der Waals surface area contributed by atoms with Crippen LogP contribution < -0.4 is 0 Å². The molecule has 0 spiro atoms. The summed E-state index contributed by atoms with van der Waals surface area (Å²) in [4.78, 5) is 0. The van der Waals surface area contributed by atoms with E-state index in [0.717, 1.165) is 5.69 Å². The molecule has 0 aliphatic heterocycles. The second-order valence-corrected chi connectivity index (χ2v) is 4.23. The van der Waals surface area contributed by atoms with Gasteiger partial charge in [-0.2, -0.15) is 0 Å². The van der Waals surface area contributed by atoms with E-state index in [0.29, 0.717) is 12.1 Å². The summed E-state index contributed by atoms with van der Waals surface area (Å²) in [5.74, 6) is 0. The Kier molecular flexibility index (Phi) is 3.24. The number of aliphatic hydroxyl groups excluding tert-OH is 1. The Morgan fingerprint density at radius 2 is 2.12 bits per heavy atom. The highest BCUT2D eigenvalue weighted by molar-refractivity contribution is 5.43. The molecule has 0 aliphatic rings. The van der Waals surface area contributed by atoms with E-state index >= 15 is 0 Å². The molecule has 0 amide bonds. The molecule has 2 aromatic rings. The number of benzene rings is 1. The Labute approximate surface area is 101 Å². The first-order valence-corrected chi connectivity index (χ1v) is 5.80.